The van der Waals surface area contributed by atoms with E-state index < -0.39 is 0 Å². The number of rotatable bonds is 2. The standard InChI is InChI=1S/C12H11ClN2O/c1-16-11-7-8(4-5-10(11)13)9-3-2-6-15-12(9)14/h2-7H,1H3,(H2,14,15). The van der Waals surface area contributed by atoms with Crippen LogP contribution in [0.5, 0.6) is 5.75 Å². The number of anilines is 1. The Morgan fingerprint density at radius 2 is 2.12 bits per heavy atom. The quantitative estimate of drug-likeness (QED) is 0.869. The maximum atomic E-state index is 5.95. The van der Waals surface area contributed by atoms with Crippen molar-refractivity contribution in [3.05, 3.63) is 41.6 Å². The molecule has 82 valence electrons. The summed E-state index contributed by atoms with van der Waals surface area (Å²) in [5, 5.41) is 0.578. The van der Waals surface area contributed by atoms with Crippen molar-refractivity contribution in [3.63, 3.8) is 0 Å². The lowest BCUT2D eigenvalue weighted by Crippen LogP contribution is -1.93. The molecule has 1 heterocycles. The third-order valence-electron chi connectivity index (χ3n) is 2.30. The molecule has 0 aliphatic heterocycles. The summed E-state index contributed by atoms with van der Waals surface area (Å²) in [7, 11) is 1.58. The number of hydrogen-bond donors (Lipinski definition) is 1. The Morgan fingerprint density at radius 3 is 2.81 bits per heavy atom. The molecule has 0 amide bonds. The smallest absolute Gasteiger partial charge is 0.138 e. The van der Waals surface area contributed by atoms with Gasteiger partial charge >= 0.3 is 0 Å². The summed E-state index contributed by atoms with van der Waals surface area (Å²) < 4.78 is 5.15. The van der Waals surface area contributed by atoms with Gasteiger partial charge in [0.2, 0.25) is 0 Å². The largest absolute Gasteiger partial charge is 0.495 e. The third kappa shape index (κ3) is 1.95. The van der Waals surface area contributed by atoms with Crippen LogP contribution in [0, 0.1) is 0 Å². The Kier molecular flexibility index (Phi) is 2.97. The average Bonchev–Trinajstić information content (AvgIpc) is 2.31. The molecule has 4 heteroatoms. The van der Waals surface area contributed by atoms with Gasteiger partial charge < -0.3 is 10.5 Å². The van der Waals surface area contributed by atoms with Crippen LogP contribution in [0.25, 0.3) is 11.1 Å². The van der Waals surface area contributed by atoms with Crippen LogP contribution in [-0.2, 0) is 0 Å². The molecule has 0 saturated carbocycles. The lowest BCUT2D eigenvalue weighted by atomic mass is 10.1. The number of aromatic nitrogens is 1. The number of ether oxygens (including phenoxy) is 1. The zero-order chi connectivity index (χ0) is 11.5. The molecule has 0 atom stereocenters. The Hall–Kier alpha value is -1.74. The molecule has 0 saturated heterocycles. The van der Waals surface area contributed by atoms with E-state index in [0.29, 0.717) is 16.6 Å². The Morgan fingerprint density at radius 1 is 1.31 bits per heavy atom. The van der Waals surface area contributed by atoms with E-state index >= 15 is 0 Å². The summed E-state index contributed by atoms with van der Waals surface area (Å²) in [5.41, 5.74) is 7.61. The van der Waals surface area contributed by atoms with E-state index in [-0.39, 0.29) is 0 Å². The Bertz CT molecular complexity index is 514. The molecular formula is C12H11ClN2O. The first kappa shape index (κ1) is 10.8. The molecule has 2 rings (SSSR count). The van der Waals surface area contributed by atoms with Crippen LogP contribution in [-0.4, -0.2) is 12.1 Å². The lowest BCUT2D eigenvalue weighted by Gasteiger charge is -2.08. The van der Waals surface area contributed by atoms with E-state index in [1.807, 2.05) is 24.3 Å². The molecule has 0 radical (unpaired) electrons. The highest BCUT2D eigenvalue weighted by molar-refractivity contribution is 6.32. The van der Waals surface area contributed by atoms with Crippen LogP contribution >= 0.6 is 11.6 Å². The van der Waals surface area contributed by atoms with Crippen molar-refractivity contribution in [1.82, 2.24) is 4.98 Å². The van der Waals surface area contributed by atoms with Gasteiger partial charge in [0.05, 0.1) is 12.1 Å². The van der Waals surface area contributed by atoms with Crippen molar-refractivity contribution in [1.29, 1.82) is 0 Å². The predicted octanol–water partition coefficient (Wildman–Crippen LogP) is 2.99. The van der Waals surface area contributed by atoms with Gasteiger partial charge in [-0.25, -0.2) is 4.98 Å². The van der Waals surface area contributed by atoms with E-state index in [1.165, 1.54) is 0 Å². The van der Waals surface area contributed by atoms with Gasteiger partial charge in [0, 0.05) is 11.8 Å². The Labute approximate surface area is 98.8 Å². The zero-order valence-corrected chi connectivity index (χ0v) is 9.53. The molecule has 0 fully saturated rings. The highest BCUT2D eigenvalue weighted by Crippen LogP contribution is 2.31. The van der Waals surface area contributed by atoms with E-state index in [2.05, 4.69) is 4.98 Å². The molecule has 1 aromatic carbocycles. The van der Waals surface area contributed by atoms with Gasteiger partial charge in [0.15, 0.2) is 0 Å². The maximum absolute atomic E-state index is 5.95. The maximum Gasteiger partial charge on any atom is 0.138 e. The van der Waals surface area contributed by atoms with Crippen molar-refractivity contribution >= 4 is 17.4 Å². The van der Waals surface area contributed by atoms with Gasteiger partial charge in [-0.1, -0.05) is 17.7 Å². The molecule has 0 bridgehead atoms. The van der Waals surface area contributed by atoms with E-state index in [1.54, 1.807) is 19.4 Å². The zero-order valence-electron chi connectivity index (χ0n) is 8.77. The minimum atomic E-state index is 0.492. The highest BCUT2D eigenvalue weighted by atomic mass is 35.5. The van der Waals surface area contributed by atoms with Crippen molar-refractivity contribution < 1.29 is 4.74 Å². The summed E-state index contributed by atoms with van der Waals surface area (Å²) in [6.45, 7) is 0. The van der Waals surface area contributed by atoms with E-state index in [0.717, 1.165) is 11.1 Å². The third-order valence-corrected chi connectivity index (χ3v) is 2.61. The molecule has 0 aliphatic carbocycles. The first-order chi connectivity index (χ1) is 7.72. The minimum absolute atomic E-state index is 0.492. The number of hydrogen-bond acceptors (Lipinski definition) is 3. The summed E-state index contributed by atoms with van der Waals surface area (Å²) in [6.07, 6.45) is 1.66. The first-order valence-electron chi connectivity index (χ1n) is 4.77. The summed E-state index contributed by atoms with van der Waals surface area (Å²) >= 11 is 5.95. The van der Waals surface area contributed by atoms with Crippen LogP contribution in [0.2, 0.25) is 5.02 Å². The highest BCUT2D eigenvalue weighted by Gasteiger charge is 2.06. The van der Waals surface area contributed by atoms with Crippen molar-refractivity contribution in [2.75, 3.05) is 12.8 Å². The van der Waals surface area contributed by atoms with E-state index in [4.69, 9.17) is 22.1 Å². The second-order valence-electron chi connectivity index (χ2n) is 3.29. The van der Waals surface area contributed by atoms with Gasteiger partial charge in [-0.3, -0.25) is 0 Å². The minimum Gasteiger partial charge on any atom is -0.495 e. The SMILES string of the molecule is COc1cc(-c2cccnc2N)ccc1Cl. The molecule has 3 nitrogen and oxygen atoms in total. The van der Waals surface area contributed by atoms with Crippen LogP contribution in [0.3, 0.4) is 0 Å². The molecule has 2 aromatic rings. The van der Waals surface area contributed by atoms with Crippen molar-refractivity contribution in [2.45, 2.75) is 0 Å². The number of nitrogens with two attached hydrogens (primary N) is 1. The molecule has 16 heavy (non-hydrogen) atoms. The number of nitrogen functional groups attached to an aromatic ring is 1. The second-order valence-corrected chi connectivity index (χ2v) is 3.69. The van der Waals surface area contributed by atoms with Gasteiger partial charge in [-0.05, 0) is 29.8 Å². The molecule has 1 aromatic heterocycles. The number of nitrogens with zero attached hydrogens (tertiary/aromatic N) is 1. The van der Waals surface area contributed by atoms with Gasteiger partial charge in [-0.2, -0.15) is 0 Å². The summed E-state index contributed by atoms with van der Waals surface area (Å²) in [6, 6.07) is 9.26. The van der Waals surface area contributed by atoms with Crippen molar-refractivity contribution in [3.8, 4) is 16.9 Å². The molecular weight excluding hydrogens is 224 g/mol. The molecule has 0 unspecified atom stereocenters. The van der Waals surface area contributed by atoms with Crippen molar-refractivity contribution in [2.24, 2.45) is 0 Å². The van der Waals surface area contributed by atoms with Crippen LogP contribution in [0.4, 0.5) is 5.82 Å². The topological polar surface area (TPSA) is 48.1 Å². The fourth-order valence-electron chi connectivity index (χ4n) is 1.49. The fraction of sp³-hybridized carbons (Fsp3) is 0.0833. The van der Waals surface area contributed by atoms with Crippen LogP contribution in [0.15, 0.2) is 36.5 Å². The molecule has 0 spiro atoms. The first-order valence-corrected chi connectivity index (χ1v) is 5.14. The average molecular weight is 235 g/mol. The molecule has 0 aliphatic rings. The normalized spacial score (nSPS) is 10.1. The van der Waals surface area contributed by atoms with Gasteiger partial charge in [-0.15, -0.1) is 0 Å². The fourth-order valence-corrected chi connectivity index (χ4v) is 1.68. The summed E-state index contributed by atoms with van der Waals surface area (Å²) in [4.78, 5) is 4.04. The Balaban J connectivity index is 2.53. The van der Waals surface area contributed by atoms with Gasteiger partial charge in [0.25, 0.3) is 0 Å². The van der Waals surface area contributed by atoms with Crippen LogP contribution in [0.1, 0.15) is 0 Å². The molecule has 2 N–H and O–H groups in total. The number of benzene rings is 1. The second kappa shape index (κ2) is 4.41. The monoisotopic (exact) mass is 234 g/mol. The number of halogens is 1. The van der Waals surface area contributed by atoms with E-state index in [9.17, 15) is 0 Å². The predicted molar refractivity (Wildman–Crippen MR) is 65.6 cm³/mol. The lowest BCUT2D eigenvalue weighted by molar-refractivity contribution is 0.415. The van der Waals surface area contributed by atoms with Crippen LogP contribution < -0.4 is 10.5 Å². The number of pyridine rings is 1. The summed E-state index contributed by atoms with van der Waals surface area (Å²) in [5.74, 6) is 1.12. The van der Waals surface area contributed by atoms with Gasteiger partial charge in [0.1, 0.15) is 11.6 Å². The number of methoxy groups -OCH3 is 1.